The predicted molar refractivity (Wildman–Crippen MR) is 88.6 cm³/mol. The van der Waals surface area contributed by atoms with Crippen LogP contribution in [0.25, 0.3) is 5.70 Å². The molecule has 0 atom stereocenters. The van der Waals surface area contributed by atoms with Gasteiger partial charge in [0.15, 0.2) is 5.11 Å². The Morgan fingerprint density at radius 1 is 1.10 bits per heavy atom. The Bertz CT molecular complexity index is 593. The average Bonchev–Trinajstić information content (AvgIpc) is 2.93. The van der Waals surface area contributed by atoms with Gasteiger partial charge in [0.05, 0.1) is 5.70 Å². The minimum absolute atomic E-state index is 0.205. The van der Waals surface area contributed by atoms with Crippen LogP contribution < -0.4 is 16.6 Å². The molecule has 0 spiro atoms. The van der Waals surface area contributed by atoms with Crippen LogP contribution in [0.2, 0.25) is 0 Å². The van der Waals surface area contributed by atoms with Crippen LogP contribution in [-0.4, -0.2) is 5.11 Å². The predicted octanol–water partition coefficient (Wildman–Crippen LogP) is 2.73. The number of allylic oxidation sites excluding steroid dienone is 7. The van der Waals surface area contributed by atoms with Crippen molar-refractivity contribution in [1.82, 2.24) is 10.9 Å². The molecule has 102 valence electrons. The third-order valence-corrected chi connectivity index (χ3v) is 2.92. The van der Waals surface area contributed by atoms with E-state index >= 15 is 0 Å². The number of rotatable bonds is 4. The number of thiocarbonyl (C=S) groups is 1. The van der Waals surface area contributed by atoms with E-state index in [0.717, 1.165) is 16.8 Å². The molecule has 4 heteroatoms. The molecular formula is C16H17N3S. The number of nitrogens with one attached hydrogen (secondary N) is 2. The van der Waals surface area contributed by atoms with Crippen LogP contribution in [0.1, 0.15) is 11.1 Å². The highest BCUT2D eigenvalue weighted by molar-refractivity contribution is 7.80. The van der Waals surface area contributed by atoms with Gasteiger partial charge in [0.1, 0.15) is 0 Å². The lowest BCUT2D eigenvalue weighted by atomic mass is 10.1. The summed E-state index contributed by atoms with van der Waals surface area (Å²) in [5.41, 5.74) is 15.6. The fourth-order valence-corrected chi connectivity index (χ4v) is 1.80. The molecule has 0 unspecified atom stereocenters. The molecule has 1 aliphatic carbocycles. The third-order valence-electron chi connectivity index (χ3n) is 2.81. The molecule has 0 aliphatic heterocycles. The van der Waals surface area contributed by atoms with Crippen molar-refractivity contribution in [3.05, 3.63) is 77.4 Å². The first-order valence-corrected chi connectivity index (χ1v) is 6.71. The second kappa shape index (κ2) is 6.73. The van der Waals surface area contributed by atoms with E-state index in [0.29, 0.717) is 0 Å². The minimum atomic E-state index is 0.205. The molecule has 4 N–H and O–H groups in total. The van der Waals surface area contributed by atoms with Crippen molar-refractivity contribution in [2.75, 3.05) is 0 Å². The zero-order valence-corrected chi connectivity index (χ0v) is 12.1. The molecule has 0 fully saturated rings. The van der Waals surface area contributed by atoms with E-state index in [2.05, 4.69) is 29.9 Å². The van der Waals surface area contributed by atoms with Crippen molar-refractivity contribution in [2.45, 2.75) is 6.92 Å². The summed E-state index contributed by atoms with van der Waals surface area (Å²) in [4.78, 5) is 0. The van der Waals surface area contributed by atoms with Crippen LogP contribution >= 0.6 is 12.2 Å². The van der Waals surface area contributed by atoms with E-state index in [-0.39, 0.29) is 5.11 Å². The number of hydrogen-bond donors (Lipinski definition) is 3. The van der Waals surface area contributed by atoms with Gasteiger partial charge in [0.2, 0.25) is 0 Å². The Hall–Kier alpha value is -2.33. The molecule has 0 heterocycles. The maximum atomic E-state index is 5.45. The van der Waals surface area contributed by atoms with Gasteiger partial charge in [0.25, 0.3) is 0 Å². The van der Waals surface area contributed by atoms with Gasteiger partial charge in [0, 0.05) is 0 Å². The largest absolute Gasteiger partial charge is 0.375 e. The van der Waals surface area contributed by atoms with E-state index in [1.54, 1.807) is 0 Å². The average molecular weight is 283 g/mol. The molecule has 1 aromatic carbocycles. The molecule has 0 aromatic heterocycles. The van der Waals surface area contributed by atoms with Crippen LogP contribution in [-0.2, 0) is 0 Å². The zero-order chi connectivity index (χ0) is 14.4. The zero-order valence-electron chi connectivity index (χ0n) is 11.3. The molecule has 0 bridgehead atoms. The number of nitrogens with two attached hydrogens (primary N) is 1. The number of aryl methyl sites for hydroxylation is 1. The molecule has 1 aromatic rings. The van der Waals surface area contributed by atoms with E-state index in [9.17, 15) is 0 Å². The van der Waals surface area contributed by atoms with E-state index in [4.69, 9.17) is 18.0 Å². The van der Waals surface area contributed by atoms with E-state index in [1.807, 2.05) is 48.6 Å². The number of hydrogen-bond acceptors (Lipinski definition) is 2. The number of hydrazine groups is 1. The van der Waals surface area contributed by atoms with Crippen LogP contribution in [0, 0.1) is 6.92 Å². The van der Waals surface area contributed by atoms with Gasteiger partial charge in [-0.05, 0) is 36.4 Å². The fraction of sp³-hybridized carbons (Fsp3) is 0.0625. The Morgan fingerprint density at radius 2 is 1.75 bits per heavy atom. The Labute approximate surface area is 124 Å². The highest BCUT2D eigenvalue weighted by Gasteiger charge is 2.00. The summed E-state index contributed by atoms with van der Waals surface area (Å²) in [6.07, 6.45) is 12.1. The minimum Gasteiger partial charge on any atom is -0.375 e. The van der Waals surface area contributed by atoms with E-state index < -0.39 is 0 Å². The van der Waals surface area contributed by atoms with Crippen molar-refractivity contribution in [2.24, 2.45) is 5.73 Å². The topological polar surface area (TPSA) is 50.1 Å². The number of benzene rings is 1. The van der Waals surface area contributed by atoms with Crippen molar-refractivity contribution < 1.29 is 0 Å². The lowest BCUT2D eigenvalue weighted by Gasteiger charge is -2.12. The summed E-state index contributed by atoms with van der Waals surface area (Å²) >= 11 is 4.82. The molecule has 2 rings (SSSR count). The lowest BCUT2D eigenvalue weighted by molar-refractivity contribution is 0.844. The van der Waals surface area contributed by atoms with Crippen molar-refractivity contribution >= 4 is 23.0 Å². The first-order chi connectivity index (χ1) is 9.65. The van der Waals surface area contributed by atoms with Crippen molar-refractivity contribution in [3.8, 4) is 0 Å². The van der Waals surface area contributed by atoms with E-state index in [1.165, 1.54) is 5.56 Å². The molecule has 20 heavy (non-hydrogen) atoms. The highest BCUT2D eigenvalue weighted by atomic mass is 32.1. The summed E-state index contributed by atoms with van der Waals surface area (Å²) in [7, 11) is 0. The molecular weight excluding hydrogens is 266 g/mol. The van der Waals surface area contributed by atoms with Gasteiger partial charge in [-0.1, -0.05) is 60.2 Å². The summed E-state index contributed by atoms with van der Waals surface area (Å²) in [5.74, 6) is 0. The maximum Gasteiger partial charge on any atom is 0.182 e. The van der Waals surface area contributed by atoms with Crippen molar-refractivity contribution in [3.63, 3.8) is 0 Å². The molecule has 0 radical (unpaired) electrons. The summed E-state index contributed by atoms with van der Waals surface area (Å²) in [5, 5.41) is 0.205. The van der Waals surface area contributed by atoms with Gasteiger partial charge in [-0.3, -0.25) is 10.9 Å². The van der Waals surface area contributed by atoms with Gasteiger partial charge in [-0.2, -0.15) is 0 Å². The summed E-state index contributed by atoms with van der Waals surface area (Å²) in [6, 6.07) is 8.23. The van der Waals surface area contributed by atoms with Crippen LogP contribution in [0.15, 0.2) is 66.3 Å². The van der Waals surface area contributed by atoms with Crippen LogP contribution in [0.5, 0.6) is 0 Å². The normalized spacial score (nSPS) is 13.4. The van der Waals surface area contributed by atoms with Gasteiger partial charge in [-0.25, -0.2) is 0 Å². The molecule has 0 saturated heterocycles. The van der Waals surface area contributed by atoms with Gasteiger partial charge in [-0.15, -0.1) is 0 Å². The highest BCUT2D eigenvalue weighted by Crippen LogP contribution is 2.14. The first-order valence-electron chi connectivity index (χ1n) is 6.30. The Balaban J connectivity index is 2.23. The smallest absolute Gasteiger partial charge is 0.182 e. The van der Waals surface area contributed by atoms with Crippen molar-refractivity contribution in [1.29, 1.82) is 0 Å². The molecule has 3 nitrogen and oxygen atoms in total. The van der Waals surface area contributed by atoms with Gasteiger partial charge < -0.3 is 5.73 Å². The maximum absolute atomic E-state index is 5.45. The van der Waals surface area contributed by atoms with Gasteiger partial charge >= 0.3 is 0 Å². The first kappa shape index (κ1) is 14.1. The van der Waals surface area contributed by atoms with Crippen LogP contribution in [0.4, 0.5) is 0 Å². The van der Waals surface area contributed by atoms with Crippen LogP contribution in [0.3, 0.4) is 0 Å². The Morgan fingerprint density at radius 3 is 2.35 bits per heavy atom. The second-order valence-electron chi connectivity index (χ2n) is 4.45. The molecule has 0 amide bonds. The molecule has 0 saturated carbocycles. The standard InChI is InChI=1S/C16H17N3S/c1-12-6-9-14(10-7-12)15(18-19-16(17)20)11-8-13-4-2-3-5-13/h2-11,18H,1H3,(H3,17,19,20)/b15-11-. The SMILES string of the molecule is Cc1ccc(/C(=C/C=C2C=CC=C2)NNC(N)=S)cc1. The summed E-state index contributed by atoms with van der Waals surface area (Å²) in [6.45, 7) is 2.06. The Kier molecular flexibility index (Phi) is 4.74. The molecule has 1 aliphatic rings. The fourth-order valence-electron chi connectivity index (χ4n) is 1.75. The third kappa shape index (κ3) is 4.10. The second-order valence-corrected chi connectivity index (χ2v) is 4.89. The quantitative estimate of drug-likeness (QED) is 0.587. The lowest BCUT2D eigenvalue weighted by Crippen LogP contribution is -2.39. The monoisotopic (exact) mass is 283 g/mol. The summed E-state index contributed by atoms with van der Waals surface area (Å²) < 4.78 is 0.